The Kier molecular flexibility index (Phi) is 7.85. The maximum Gasteiger partial charge on any atom is 0.110 e. The number of hydrogen-bond acceptors (Lipinski definition) is 3. The Balaban J connectivity index is 0.00000243. The Bertz CT molecular complexity index is 771. The first-order chi connectivity index (χ1) is 12.3. The minimum absolute atomic E-state index is 0. The summed E-state index contributed by atoms with van der Waals surface area (Å²) in [6.45, 7) is 5.42. The molecule has 0 fully saturated rings. The van der Waals surface area contributed by atoms with Gasteiger partial charge in [-0.1, -0.05) is 48.5 Å². The van der Waals surface area contributed by atoms with Crippen molar-refractivity contribution in [3.8, 4) is 5.69 Å². The summed E-state index contributed by atoms with van der Waals surface area (Å²) in [6, 6.07) is 21.0. The smallest absolute Gasteiger partial charge is 0.110 e. The minimum Gasteiger partial charge on any atom is -0.329 e. The zero-order valence-electron chi connectivity index (χ0n) is 15.2. The molecule has 0 bridgehead atoms. The van der Waals surface area contributed by atoms with Gasteiger partial charge < -0.3 is 5.73 Å². The first kappa shape index (κ1) is 20.2. The van der Waals surface area contributed by atoms with Crippen LogP contribution in [0.4, 0.5) is 0 Å². The fourth-order valence-electron chi connectivity index (χ4n) is 3.15. The Hall–Kier alpha value is -2.14. The predicted molar refractivity (Wildman–Crippen MR) is 110 cm³/mol. The Labute approximate surface area is 162 Å². The Morgan fingerprint density at radius 2 is 1.62 bits per heavy atom. The first-order valence-electron chi connectivity index (χ1n) is 8.83. The van der Waals surface area contributed by atoms with Crippen molar-refractivity contribution in [1.82, 2.24) is 14.5 Å². The van der Waals surface area contributed by atoms with Crippen molar-refractivity contribution in [1.29, 1.82) is 0 Å². The number of benzene rings is 2. The highest BCUT2D eigenvalue weighted by Gasteiger charge is 2.13. The van der Waals surface area contributed by atoms with Gasteiger partial charge in [-0.15, -0.1) is 12.4 Å². The van der Waals surface area contributed by atoms with E-state index in [-0.39, 0.29) is 12.4 Å². The molecule has 0 radical (unpaired) electrons. The van der Waals surface area contributed by atoms with E-state index in [1.807, 2.05) is 19.2 Å². The van der Waals surface area contributed by atoms with Gasteiger partial charge in [-0.25, -0.2) is 4.98 Å². The summed E-state index contributed by atoms with van der Waals surface area (Å²) in [5.41, 5.74) is 9.56. The summed E-state index contributed by atoms with van der Waals surface area (Å²) in [6.07, 6.45) is 3.01. The second-order valence-corrected chi connectivity index (χ2v) is 6.27. The number of hydrogen-bond donors (Lipinski definition) is 1. The number of aromatic nitrogens is 2. The molecule has 26 heavy (non-hydrogen) atoms. The summed E-state index contributed by atoms with van der Waals surface area (Å²) in [5, 5.41) is 0. The van der Waals surface area contributed by atoms with Crippen LogP contribution in [-0.2, 0) is 13.0 Å². The highest BCUT2D eigenvalue weighted by atomic mass is 35.5. The number of nitrogens with two attached hydrogens (primary N) is 1. The maximum absolute atomic E-state index is 5.84. The summed E-state index contributed by atoms with van der Waals surface area (Å²) in [5.74, 6) is 1.01. The van der Waals surface area contributed by atoms with Gasteiger partial charge in [-0.05, 0) is 31.0 Å². The van der Waals surface area contributed by atoms with Crippen molar-refractivity contribution in [2.75, 3.05) is 19.6 Å². The fraction of sp³-hybridized carbons (Fsp3) is 0.286. The SMILES string of the molecule is Cc1ncc(CN(CCN)CCc2ccccc2)n1-c1ccccc1.Cl. The van der Waals surface area contributed by atoms with E-state index in [0.717, 1.165) is 37.6 Å². The number of para-hydroxylation sites is 1. The average molecular weight is 371 g/mol. The van der Waals surface area contributed by atoms with Gasteiger partial charge in [0.15, 0.2) is 0 Å². The van der Waals surface area contributed by atoms with Crippen LogP contribution in [0, 0.1) is 6.92 Å². The van der Waals surface area contributed by atoms with E-state index in [0.29, 0.717) is 6.54 Å². The second kappa shape index (κ2) is 10.1. The van der Waals surface area contributed by atoms with E-state index < -0.39 is 0 Å². The van der Waals surface area contributed by atoms with Crippen molar-refractivity contribution >= 4 is 12.4 Å². The molecule has 0 aliphatic carbocycles. The first-order valence-corrected chi connectivity index (χ1v) is 8.83. The normalized spacial score (nSPS) is 10.7. The van der Waals surface area contributed by atoms with Gasteiger partial charge >= 0.3 is 0 Å². The monoisotopic (exact) mass is 370 g/mol. The van der Waals surface area contributed by atoms with Crippen LogP contribution in [0.3, 0.4) is 0 Å². The summed E-state index contributed by atoms with van der Waals surface area (Å²) >= 11 is 0. The van der Waals surface area contributed by atoms with Crippen LogP contribution in [0.15, 0.2) is 66.9 Å². The number of nitrogens with zero attached hydrogens (tertiary/aromatic N) is 3. The van der Waals surface area contributed by atoms with E-state index in [2.05, 4.69) is 69.0 Å². The van der Waals surface area contributed by atoms with Crippen LogP contribution >= 0.6 is 12.4 Å². The van der Waals surface area contributed by atoms with Gasteiger partial charge in [-0.3, -0.25) is 9.47 Å². The third-order valence-electron chi connectivity index (χ3n) is 4.42. The molecule has 2 N–H and O–H groups in total. The van der Waals surface area contributed by atoms with Crippen LogP contribution in [0.5, 0.6) is 0 Å². The molecule has 0 aliphatic rings. The number of imidazole rings is 1. The van der Waals surface area contributed by atoms with Crippen LogP contribution in [0.1, 0.15) is 17.1 Å². The molecule has 0 amide bonds. The number of rotatable bonds is 8. The van der Waals surface area contributed by atoms with Gasteiger partial charge in [0.05, 0.1) is 11.9 Å². The van der Waals surface area contributed by atoms with Crippen molar-refractivity contribution in [2.45, 2.75) is 19.9 Å². The molecule has 0 aliphatic heterocycles. The molecule has 1 heterocycles. The lowest BCUT2D eigenvalue weighted by Crippen LogP contribution is -2.31. The molecule has 0 spiro atoms. The van der Waals surface area contributed by atoms with Crippen LogP contribution < -0.4 is 5.73 Å². The van der Waals surface area contributed by atoms with E-state index in [9.17, 15) is 0 Å². The summed E-state index contributed by atoms with van der Waals surface area (Å²) < 4.78 is 2.23. The Morgan fingerprint density at radius 3 is 2.27 bits per heavy atom. The zero-order valence-corrected chi connectivity index (χ0v) is 16.0. The van der Waals surface area contributed by atoms with Crippen molar-refractivity contribution in [2.24, 2.45) is 5.73 Å². The fourth-order valence-corrected chi connectivity index (χ4v) is 3.15. The molecule has 3 aromatic rings. The molecule has 1 aromatic heterocycles. The molecule has 0 unspecified atom stereocenters. The average Bonchev–Trinajstić information content (AvgIpc) is 3.02. The van der Waals surface area contributed by atoms with E-state index in [1.54, 1.807) is 0 Å². The summed E-state index contributed by atoms with van der Waals surface area (Å²) in [7, 11) is 0. The van der Waals surface area contributed by atoms with Gasteiger partial charge in [-0.2, -0.15) is 0 Å². The lowest BCUT2D eigenvalue weighted by atomic mass is 10.1. The van der Waals surface area contributed by atoms with Crippen molar-refractivity contribution in [3.63, 3.8) is 0 Å². The minimum atomic E-state index is 0. The highest BCUT2D eigenvalue weighted by molar-refractivity contribution is 5.85. The molecule has 0 saturated heterocycles. The van der Waals surface area contributed by atoms with E-state index >= 15 is 0 Å². The van der Waals surface area contributed by atoms with E-state index in [1.165, 1.54) is 11.3 Å². The molecule has 3 rings (SSSR count). The molecule has 2 aromatic carbocycles. The van der Waals surface area contributed by atoms with E-state index in [4.69, 9.17) is 5.73 Å². The van der Waals surface area contributed by atoms with Crippen molar-refractivity contribution < 1.29 is 0 Å². The number of aryl methyl sites for hydroxylation is 1. The van der Waals surface area contributed by atoms with Crippen molar-refractivity contribution in [3.05, 3.63) is 83.9 Å². The number of halogens is 1. The molecule has 5 heteroatoms. The molecule has 4 nitrogen and oxygen atoms in total. The lowest BCUT2D eigenvalue weighted by molar-refractivity contribution is 0.271. The van der Waals surface area contributed by atoms with Gasteiger partial charge in [0.25, 0.3) is 0 Å². The maximum atomic E-state index is 5.84. The topological polar surface area (TPSA) is 47.1 Å². The van der Waals surface area contributed by atoms with Crippen LogP contribution in [0.2, 0.25) is 0 Å². The quantitative estimate of drug-likeness (QED) is 0.659. The highest BCUT2D eigenvalue weighted by Crippen LogP contribution is 2.16. The molecule has 0 atom stereocenters. The molecular formula is C21H27ClN4. The Morgan fingerprint density at radius 1 is 0.962 bits per heavy atom. The van der Waals surface area contributed by atoms with Gasteiger partial charge in [0.1, 0.15) is 5.82 Å². The van der Waals surface area contributed by atoms with Gasteiger partial charge in [0, 0.05) is 31.9 Å². The largest absolute Gasteiger partial charge is 0.329 e. The standard InChI is InChI=1S/C21H26N4.ClH/c1-18-23-16-21(25(18)20-10-6-3-7-11-20)17-24(15-13-22)14-12-19-8-4-2-5-9-19;/h2-11,16H,12-15,17,22H2,1H3;1H. The second-order valence-electron chi connectivity index (χ2n) is 6.27. The predicted octanol–water partition coefficient (Wildman–Crippen LogP) is 3.61. The lowest BCUT2D eigenvalue weighted by Gasteiger charge is -2.22. The molecular weight excluding hydrogens is 344 g/mol. The zero-order chi connectivity index (χ0) is 17.5. The molecule has 0 saturated carbocycles. The van der Waals surface area contributed by atoms with Crippen LogP contribution in [-0.4, -0.2) is 34.1 Å². The summed E-state index contributed by atoms with van der Waals surface area (Å²) in [4.78, 5) is 6.94. The van der Waals surface area contributed by atoms with Gasteiger partial charge in [0.2, 0.25) is 0 Å². The molecule has 138 valence electrons. The van der Waals surface area contributed by atoms with Crippen LogP contribution in [0.25, 0.3) is 5.69 Å². The third-order valence-corrected chi connectivity index (χ3v) is 4.42. The third kappa shape index (κ3) is 5.18.